The molecule has 1 unspecified atom stereocenters. The van der Waals surface area contributed by atoms with E-state index in [9.17, 15) is 0 Å². The summed E-state index contributed by atoms with van der Waals surface area (Å²) >= 11 is 1.52. The van der Waals surface area contributed by atoms with Gasteiger partial charge in [-0.3, -0.25) is 4.98 Å². The Morgan fingerprint density at radius 3 is 2.95 bits per heavy atom. The summed E-state index contributed by atoms with van der Waals surface area (Å²) in [6.45, 7) is 3.36. The van der Waals surface area contributed by atoms with Crippen molar-refractivity contribution in [2.45, 2.75) is 32.2 Å². The number of hydrogen-bond acceptors (Lipinski definition) is 5. The Hall–Kier alpha value is -1.62. The van der Waals surface area contributed by atoms with Gasteiger partial charge in [0.1, 0.15) is 10.8 Å². The Morgan fingerprint density at radius 1 is 1.42 bits per heavy atom. The molecule has 2 aromatic heterocycles. The summed E-state index contributed by atoms with van der Waals surface area (Å²) in [7, 11) is 0. The quantitative estimate of drug-likeness (QED) is 0.934. The van der Waals surface area contributed by atoms with E-state index in [1.165, 1.54) is 35.8 Å². The summed E-state index contributed by atoms with van der Waals surface area (Å²) < 4.78 is 4.36. The molecular weight excluding hydrogens is 256 g/mol. The molecule has 100 valence electrons. The maximum absolute atomic E-state index is 6.08. The van der Waals surface area contributed by atoms with Crippen molar-refractivity contribution in [1.29, 1.82) is 0 Å². The van der Waals surface area contributed by atoms with Crippen molar-refractivity contribution in [2.75, 3.05) is 17.2 Å². The average Bonchev–Trinajstić information content (AvgIpc) is 3.05. The summed E-state index contributed by atoms with van der Waals surface area (Å²) in [4.78, 5) is 6.55. The molecule has 0 amide bonds. The van der Waals surface area contributed by atoms with Crippen LogP contribution < -0.4 is 10.6 Å². The molecule has 3 rings (SSSR count). The maximum Gasteiger partial charge on any atom is 0.147 e. The second kappa shape index (κ2) is 5.17. The van der Waals surface area contributed by atoms with Crippen molar-refractivity contribution in [1.82, 2.24) is 9.36 Å². The molecule has 0 bridgehead atoms. The van der Waals surface area contributed by atoms with Crippen LogP contribution in [0.2, 0.25) is 0 Å². The van der Waals surface area contributed by atoms with Gasteiger partial charge < -0.3 is 10.6 Å². The highest BCUT2D eigenvalue weighted by Crippen LogP contribution is 2.42. The molecule has 3 heterocycles. The van der Waals surface area contributed by atoms with Gasteiger partial charge in [-0.2, -0.15) is 4.37 Å². The molecule has 0 aliphatic carbocycles. The number of pyridine rings is 1. The summed E-state index contributed by atoms with van der Waals surface area (Å²) in [5.74, 6) is 0.632. The van der Waals surface area contributed by atoms with Gasteiger partial charge in [-0.15, -0.1) is 0 Å². The van der Waals surface area contributed by atoms with Crippen molar-refractivity contribution >= 4 is 22.4 Å². The lowest BCUT2D eigenvalue weighted by molar-refractivity contribution is 0.649. The van der Waals surface area contributed by atoms with E-state index in [0.29, 0.717) is 11.9 Å². The molecular formula is C14H18N4S. The van der Waals surface area contributed by atoms with E-state index in [0.717, 1.165) is 17.7 Å². The van der Waals surface area contributed by atoms with Crippen LogP contribution >= 0.6 is 11.5 Å². The number of rotatable bonds is 3. The third kappa shape index (κ3) is 2.18. The van der Waals surface area contributed by atoms with Crippen molar-refractivity contribution < 1.29 is 0 Å². The fourth-order valence-electron chi connectivity index (χ4n) is 2.81. The van der Waals surface area contributed by atoms with Gasteiger partial charge in [-0.25, -0.2) is 0 Å². The molecule has 1 aliphatic heterocycles. The number of aromatic nitrogens is 2. The van der Waals surface area contributed by atoms with Crippen molar-refractivity contribution in [3.8, 4) is 11.1 Å². The van der Waals surface area contributed by atoms with Crippen molar-refractivity contribution in [3.63, 3.8) is 0 Å². The molecule has 1 atom stereocenters. The van der Waals surface area contributed by atoms with Gasteiger partial charge in [-0.1, -0.05) is 6.92 Å². The molecule has 1 saturated heterocycles. The molecule has 4 nitrogen and oxygen atoms in total. The number of nitrogens with zero attached hydrogens (tertiary/aromatic N) is 3. The minimum Gasteiger partial charge on any atom is -0.382 e. The molecule has 0 saturated carbocycles. The van der Waals surface area contributed by atoms with Gasteiger partial charge in [0, 0.05) is 25.0 Å². The van der Waals surface area contributed by atoms with Crippen LogP contribution in [0.25, 0.3) is 11.1 Å². The van der Waals surface area contributed by atoms with Gasteiger partial charge in [-0.05, 0) is 48.5 Å². The van der Waals surface area contributed by atoms with E-state index >= 15 is 0 Å². The fraction of sp³-hybridized carbons (Fsp3) is 0.429. The predicted molar refractivity (Wildman–Crippen MR) is 80.4 cm³/mol. The van der Waals surface area contributed by atoms with E-state index in [4.69, 9.17) is 5.73 Å². The Bertz CT molecular complexity index is 552. The number of hydrogen-bond donors (Lipinski definition) is 1. The Morgan fingerprint density at radius 2 is 2.21 bits per heavy atom. The molecule has 19 heavy (non-hydrogen) atoms. The lowest BCUT2D eigenvalue weighted by Gasteiger charge is -2.25. The maximum atomic E-state index is 6.08. The van der Waals surface area contributed by atoms with Crippen LogP contribution in [0.4, 0.5) is 10.8 Å². The van der Waals surface area contributed by atoms with Gasteiger partial charge >= 0.3 is 0 Å². The highest BCUT2D eigenvalue weighted by Gasteiger charge is 2.28. The minimum atomic E-state index is 0.625. The SMILES string of the molecule is CCC1CCCN1c1snc(N)c1-c1ccncc1. The highest BCUT2D eigenvalue weighted by molar-refractivity contribution is 7.11. The lowest BCUT2D eigenvalue weighted by Crippen LogP contribution is -2.28. The predicted octanol–water partition coefficient (Wildman–Crippen LogP) is 3.17. The van der Waals surface area contributed by atoms with Gasteiger partial charge in [0.25, 0.3) is 0 Å². The topological polar surface area (TPSA) is 55.0 Å². The fourth-order valence-corrected chi connectivity index (χ4v) is 3.74. The Labute approximate surface area is 117 Å². The van der Waals surface area contributed by atoms with Crippen molar-refractivity contribution in [2.24, 2.45) is 0 Å². The molecule has 5 heteroatoms. The highest BCUT2D eigenvalue weighted by atomic mass is 32.1. The van der Waals surface area contributed by atoms with Crippen LogP contribution in [0.15, 0.2) is 24.5 Å². The Kier molecular flexibility index (Phi) is 3.38. The first-order valence-electron chi connectivity index (χ1n) is 6.73. The first-order valence-corrected chi connectivity index (χ1v) is 7.50. The molecule has 2 aromatic rings. The number of anilines is 2. The zero-order valence-electron chi connectivity index (χ0n) is 11.0. The molecule has 1 fully saturated rings. The number of nitrogens with two attached hydrogens (primary N) is 1. The molecule has 0 radical (unpaired) electrons. The first kappa shape index (κ1) is 12.4. The van der Waals surface area contributed by atoms with Crippen LogP contribution in [0.5, 0.6) is 0 Å². The van der Waals surface area contributed by atoms with E-state index < -0.39 is 0 Å². The smallest absolute Gasteiger partial charge is 0.147 e. The first-order chi connectivity index (χ1) is 9.31. The largest absolute Gasteiger partial charge is 0.382 e. The van der Waals surface area contributed by atoms with Gasteiger partial charge in [0.2, 0.25) is 0 Å². The van der Waals surface area contributed by atoms with E-state index in [1.807, 2.05) is 12.1 Å². The van der Waals surface area contributed by atoms with Crippen LogP contribution in [0.1, 0.15) is 26.2 Å². The van der Waals surface area contributed by atoms with Crippen LogP contribution in [-0.4, -0.2) is 21.9 Å². The normalized spacial score (nSPS) is 19.0. The van der Waals surface area contributed by atoms with E-state index in [1.54, 1.807) is 12.4 Å². The van der Waals surface area contributed by atoms with Crippen LogP contribution in [-0.2, 0) is 0 Å². The van der Waals surface area contributed by atoms with E-state index in [-0.39, 0.29) is 0 Å². The molecule has 2 N–H and O–H groups in total. The number of nitrogen functional groups attached to an aromatic ring is 1. The molecule has 0 aromatic carbocycles. The lowest BCUT2D eigenvalue weighted by atomic mass is 10.1. The molecule has 0 spiro atoms. The van der Waals surface area contributed by atoms with Crippen LogP contribution in [0.3, 0.4) is 0 Å². The summed E-state index contributed by atoms with van der Waals surface area (Å²) in [5, 5.41) is 1.22. The van der Waals surface area contributed by atoms with Crippen molar-refractivity contribution in [3.05, 3.63) is 24.5 Å². The summed E-state index contributed by atoms with van der Waals surface area (Å²) in [6, 6.07) is 4.63. The standard InChI is InChI=1S/C14H18N4S/c1-2-11-4-3-9-18(11)14-12(13(15)17-19-14)10-5-7-16-8-6-10/h5-8,11H,2-4,9H2,1H3,(H2,15,17). The van der Waals surface area contributed by atoms with E-state index in [2.05, 4.69) is 21.2 Å². The average molecular weight is 274 g/mol. The zero-order chi connectivity index (χ0) is 13.2. The van der Waals surface area contributed by atoms with Crippen LogP contribution in [0, 0.1) is 0 Å². The zero-order valence-corrected chi connectivity index (χ0v) is 11.9. The minimum absolute atomic E-state index is 0.625. The molecule has 1 aliphatic rings. The monoisotopic (exact) mass is 274 g/mol. The second-order valence-electron chi connectivity index (χ2n) is 4.88. The van der Waals surface area contributed by atoms with Gasteiger partial charge in [0.15, 0.2) is 0 Å². The summed E-state index contributed by atoms with van der Waals surface area (Å²) in [5.41, 5.74) is 8.27. The summed E-state index contributed by atoms with van der Waals surface area (Å²) in [6.07, 6.45) is 7.30. The van der Waals surface area contributed by atoms with Gasteiger partial charge in [0.05, 0.1) is 5.56 Å². The second-order valence-corrected chi connectivity index (χ2v) is 5.63. The third-order valence-corrected chi connectivity index (χ3v) is 4.68. The Balaban J connectivity index is 2.04. The third-order valence-electron chi connectivity index (χ3n) is 3.78.